The van der Waals surface area contributed by atoms with Gasteiger partial charge in [-0.15, -0.1) is 0 Å². The summed E-state index contributed by atoms with van der Waals surface area (Å²) in [6.07, 6.45) is 1.68. The van der Waals surface area contributed by atoms with Crippen LogP contribution in [0, 0.1) is 0 Å². The highest BCUT2D eigenvalue weighted by atomic mass is 32.2. The van der Waals surface area contributed by atoms with Crippen LogP contribution in [0.25, 0.3) is 6.08 Å². The number of phenols is 1. The van der Waals surface area contributed by atoms with Crippen molar-refractivity contribution >= 4 is 34.5 Å². The van der Waals surface area contributed by atoms with Crippen molar-refractivity contribution in [3.8, 4) is 11.5 Å². The molecule has 0 aliphatic carbocycles. The molecule has 0 saturated heterocycles. The van der Waals surface area contributed by atoms with E-state index < -0.39 is 5.97 Å². The molecule has 1 aliphatic heterocycles. The summed E-state index contributed by atoms with van der Waals surface area (Å²) in [7, 11) is 0. The zero-order chi connectivity index (χ0) is 20.8. The summed E-state index contributed by atoms with van der Waals surface area (Å²) < 4.78 is 10.5. The van der Waals surface area contributed by atoms with Crippen LogP contribution in [0.5, 0.6) is 11.5 Å². The Morgan fingerprint density at radius 3 is 2.52 bits per heavy atom. The lowest BCUT2D eigenvalue weighted by atomic mass is 10.1. The molecule has 150 valence electrons. The minimum atomic E-state index is -0.638. The molecule has 6 nitrogen and oxygen atoms in total. The van der Waals surface area contributed by atoms with Gasteiger partial charge in [-0.2, -0.15) is 0 Å². The maximum atomic E-state index is 12.4. The minimum absolute atomic E-state index is 0.0251. The number of hydrogen-bond donors (Lipinski definition) is 2. The van der Waals surface area contributed by atoms with E-state index in [0.29, 0.717) is 27.8 Å². The molecule has 29 heavy (non-hydrogen) atoms. The van der Waals surface area contributed by atoms with Gasteiger partial charge in [-0.05, 0) is 61.9 Å². The van der Waals surface area contributed by atoms with Gasteiger partial charge in [0.05, 0.1) is 23.8 Å². The second-order valence-corrected chi connectivity index (χ2v) is 7.02. The third kappa shape index (κ3) is 5.00. The van der Waals surface area contributed by atoms with Crippen molar-refractivity contribution in [2.45, 2.75) is 13.8 Å². The van der Waals surface area contributed by atoms with E-state index in [-0.39, 0.29) is 23.7 Å². The number of nitrogens with zero attached hydrogens (tertiary/aromatic N) is 1. The van der Waals surface area contributed by atoms with Gasteiger partial charge < -0.3 is 19.7 Å². The van der Waals surface area contributed by atoms with Crippen LogP contribution in [-0.4, -0.2) is 34.4 Å². The highest BCUT2D eigenvalue weighted by Gasteiger charge is 2.33. The molecule has 1 heterocycles. The fraction of sp³-hybridized carbons (Fsp3) is 0.182. The van der Waals surface area contributed by atoms with Gasteiger partial charge in [-0.3, -0.25) is 0 Å². The quantitative estimate of drug-likeness (QED) is 0.652. The highest BCUT2D eigenvalue weighted by molar-refractivity contribution is 8.18. The van der Waals surface area contributed by atoms with Gasteiger partial charge in [0, 0.05) is 0 Å². The van der Waals surface area contributed by atoms with Crippen molar-refractivity contribution < 1.29 is 24.5 Å². The molecule has 0 aromatic heterocycles. The number of aliphatic hydroxyl groups excluding tert-OH is 1. The monoisotopic (exact) mass is 411 g/mol. The summed E-state index contributed by atoms with van der Waals surface area (Å²) in [6, 6.07) is 13.7. The van der Waals surface area contributed by atoms with E-state index in [9.17, 15) is 15.0 Å². The van der Waals surface area contributed by atoms with Crippen LogP contribution in [0.2, 0.25) is 0 Å². The van der Waals surface area contributed by atoms with E-state index in [0.717, 1.165) is 17.5 Å². The summed E-state index contributed by atoms with van der Waals surface area (Å²) in [5, 5.41) is 20.7. The van der Waals surface area contributed by atoms with E-state index in [1.807, 2.05) is 6.92 Å². The standard InChI is InChI=1S/C22H21NO5S/c1-3-27-17-10-8-15(9-11-17)23-21-19(22(26)28-4-2)20(25)18(29-21)13-14-6-5-7-16(24)12-14/h5-13,24-25H,3-4H2,1-2H3/b18-13+,23-21?. The van der Waals surface area contributed by atoms with Crippen molar-refractivity contribution in [1.82, 2.24) is 0 Å². The lowest BCUT2D eigenvalue weighted by molar-refractivity contribution is -0.138. The summed E-state index contributed by atoms with van der Waals surface area (Å²) in [4.78, 5) is 17.4. The number of thioether (sulfide) groups is 1. The first-order chi connectivity index (χ1) is 14.0. The molecule has 0 bridgehead atoms. The van der Waals surface area contributed by atoms with Gasteiger partial charge >= 0.3 is 5.97 Å². The molecule has 0 spiro atoms. The number of hydrogen-bond acceptors (Lipinski definition) is 7. The van der Waals surface area contributed by atoms with Crippen LogP contribution in [0.15, 0.2) is 69.8 Å². The lowest BCUT2D eigenvalue weighted by Crippen LogP contribution is -2.12. The number of carbonyl (C=O) groups excluding carboxylic acids is 1. The molecule has 0 amide bonds. The third-order valence-electron chi connectivity index (χ3n) is 3.92. The first-order valence-corrected chi connectivity index (χ1v) is 9.94. The van der Waals surface area contributed by atoms with Crippen molar-refractivity contribution in [3.63, 3.8) is 0 Å². The first kappa shape index (κ1) is 20.5. The third-order valence-corrected chi connectivity index (χ3v) is 4.94. The Balaban J connectivity index is 1.98. The van der Waals surface area contributed by atoms with Crippen LogP contribution in [0.4, 0.5) is 5.69 Å². The van der Waals surface area contributed by atoms with Crippen LogP contribution < -0.4 is 4.74 Å². The van der Waals surface area contributed by atoms with Gasteiger partial charge in [0.25, 0.3) is 0 Å². The van der Waals surface area contributed by atoms with Gasteiger partial charge in [0.2, 0.25) is 0 Å². The smallest absolute Gasteiger partial charge is 0.344 e. The molecule has 0 radical (unpaired) electrons. The van der Waals surface area contributed by atoms with Crippen LogP contribution >= 0.6 is 11.8 Å². The van der Waals surface area contributed by atoms with Crippen LogP contribution in [0.3, 0.4) is 0 Å². The number of aromatic hydroxyl groups is 1. The second kappa shape index (κ2) is 9.34. The zero-order valence-electron chi connectivity index (χ0n) is 16.1. The van der Waals surface area contributed by atoms with E-state index in [1.165, 1.54) is 0 Å². The number of carbonyl (C=O) groups is 1. The largest absolute Gasteiger partial charge is 0.508 e. The first-order valence-electron chi connectivity index (χ1n) is 9.13. The summed E-state index contributed by atoms with van der Waals surface area (Å²) in [6.45, 7) is 4.35. The molecule has 0 saturated carbocycles. The molecular formula is C22H21NO5S. The molecule has 0 fully saturated rings. The van der Waals surface area contributed by atoms with Crippen molar-refractivity contribution in [3.05, 3.63) is 70.3 Å². The Morgan fingerprint density at radius 1 is 1.10 bits per heavy atom. The van der Waals surface area contributed by atoms with Gasteiger partial charge in [0.1, 0.15) is 27.9 Å². The predicted octanol–water partition coefficient (Wildman–Crippen LogP) is 4.98. The summed E-state index contributed by atoms with van der Waals surface area (Å²) in [5.41, 5.74) is 1.32. The Hall–Kier alpha value is -3.19. The molecule has 3 rings (SSSR count). The number of phenolic OH excluding ortho intramolecular Hbond substituents is 1. The average molecular weight is 411 g/mol. The topological polar surface area (TPSA) is 88.4 Å². The lowest BCUT2D eigenvalue weighted by Gasteiger charge is -2.05. The Labute approximate surface area is 173 Å². The molecule has 2 aromatic carbocycles. The molecule has 1 aliphatic rings. The van der Waals surface area contributed by atoms with Crippen molar-refractivity contribution in [1.29, 1.82) is 0 Å². The normalized spacial score (nSPS) is 16.5. The summed E-state index contributed by atoms with van der Waals surface area (Å²) in [5.74, 6) is 0.00619. The predicted molar refractivity (Wildman–Crippen MR) is 115 cm³/mol. The molecule has 2 N–H and O–H groups in total. The number of benzene rings is 2. The average Bonchev–Trinajstić information content (AvgIpc) is 2.99. The number of ether oxygens (including phenoxy) is 2. The number of rotatable bonds is 6. The molecule has 0 unspecified atom stereocenters. The molecule has 0 atom stereocenters. The fourth-order valence-corrected chi connectivity index (χ4v) is 3.69. The Kier molecular flexibility index (Phi) is 6.61. The number of esters is 1. The highest BCUT2D eigenvalue weighted by Crippen LogP contribution is 2.40. The van der Waals surface area contributed by atoms with E-state index in [2.05, 4.69) is 4.99 Å². The van der Waals surface area contributed by atoms with E-state index >= 15 is 0 Å². The molecule has 7 heteroatoms. The van der Waals surface area contributed by atoms with E-state index in [1.54, 1.807) is 61.5 Å². The van der Waals surface area contributed by atoms with Crippen molar-refractivity contribution in [2.24, 2.45) is 4.99 Å². The molecule has 2 aromatic rings. The maximum absolute atomic E-state index is 12.4. The fourth-order valence-electron chi connectivity index (χ4n) is 2.66. The van der Waals surface area contributed by atoms with Gasteiger partial charge in [-0.1, -0.05) is 23.9 Å². The second-order valence-electron chi connectivity index (χ2n) is 5.99. The number of aliphatic hydroxyl groups is 1. The van der Waals surface area contributed by atoms with Crippen LogP contribution in [-0.2, 0) is 9.53 Å². The van der Waals surface area contributed by atoms with Crippen molar-refractivity contribution in [2.75, 3.05) is 13.2 Å². The molecular weight excluding hydrogens is 390 g/mol. The Bertz CT molecular complexity index is 993. The zero-order valence-corrected chi connectivity index (χ0v) is 16.9. The summed E-state index contributed by atoms with van der Waals surface area (Å²) >= 11 is 1.16. The SMILES string of the molecule is CCOC(=O)C1=C(O)/C(=C\c2cccc(O)c2)SC1=Nc1ccc(OCC)cc1. The minimum Gasteiger partial charge on any atom is -0.508 e. The Morgan fingerprint density at radius 2 is 1.86 bits per heavy atom. The number of aliphatic imine (C=N–C) groups is 1. The maximum Gasteiger partial charge on any atom is 0.344 e. The van der Waals surface area contributed by atoms with E-state index in [4.69, 9.17) is 9.47 Å². The van der Waals surface area contributed by atoms with Crippen LogP contribution in [0.1, 0.15) is 19.4 Å². The van der Waals surface area contributed by atoms with Gasteiger partial charge in [-0.25, -0.2) is 9.79 Å². The van der Waals surface area contributed by atoms with Gasteiger partial charge in [0.15, 0.2) is 0 Å².